The molecule has 2 aliphatic heterocycles. The number of nitriles is 1. The number of carbonyl (C=O) groups excluding carboxylic acids is 1. The van der Waals surface area contributed by atoms with E-state index in [2.05, 4.69) is 24.6 Å². The number of nitrogens with zero attached hydrogens (tertiary/aromatic N) is 4. The smallest absolute Gasteiger partial charge is 0.293 e. The van der Waals surface area contributed by atoms with Gasteiger partial charge in [0.15, 0.2) is 6.10 Å². The average Bonchev–Trinajstić information content (AvgIpc) is 3.49. The number of anilines is 2. The molecule has 0 radical (unpaired) electrons. The maximum Gasteiger partial charge on any atom is 0.293 e. The summed E-state index contributed by atoms with van der Waals surface area (Å²) in [6.07, 6.45) is -0.0942. The number of aliphatic hydroxyl groups is 2. The number of rotatable bonds is 5. The molecular weight excluding hydrogens is 607 g/mol. The molecule has 2 aromatic heterocycles. The number of carbonyl (C=O) groups is 1. The summed E-state index contributed by atoms with van der Waals surface area (Å²) in [5.41, 5.74) is 17.5. The highest BCUT2D eigenvalue weighted by molar-refractivity contribution is 8.03. The minimum absolute atomic E-state index is 0.217. The first kappa shape index (κ1) is 31.6. The molecule has 10 nitrogen and oxygen atoms in total. The van der Waals surface area contributed by atoms with Crippen LogP contribution in [0.3, 0.4) is 0 Å². The number of aliphatic hydroxyl groups excluding tert-OH is 2. The van der Waals surface area contributed by atoms with Gasteiger partial charge in [0.2, 0.25) is 0 Å². The fourth-order valence-electron chi connectivity index (χ4n) is 5.07. The predicted molar refractivity (Wildman–Crippen MR) is 176 cm³/mol. The minimum Gasteiger partial charge on any atom is -0.457 e. The highest BCUT2D eigenvalue weighted by Gasteiger charge is 2.33. The number of fused-ring (bicyclic) bond motifs is 4. The largest absolute Gasteiger partial charge is 0.457 e. The van der Waals surface area contributed by atoms with E-state index in [1.54, 1.807) is 73.1 Å². The van der Waals surface area contributed by atoms with E-state index in [9.17, 15) is 15.0 Å². The van der Waals surface area contributed by atoms with Gasteiger partial charge in [0, 0.05) is 39.8 Å². The summed E-state index contributed by atoms with van der Waals surface area (Å²) < 4.78 is 5.46. The van der Waals surface area contributed by atoms with Crippen molar-refractivity contribution in [2.45, 2.75) is 28.9 Å². The van der Waals surface area contributed by atoms with Crippen LogP contribution in [0.4, 0.5) is 11.4 Å². The lowest BCUT2D eigenvalue weighted by atomic mass is 10.00. The normalized spacial score (nSPS) is 18.4. The summed E-state index contributed by atoms with van der Waals surface area (Å²) in [4.78, 5) is 25.7. The lowest BCUT2D eigenvalue weighted by Crippen LogP contribution is -2.05. The van der Waals surface area contributed by atoms with Crippen LogP contribution in [0.5, 0.6) is 0 Å². The van der Waals surface area contributed by atoms with Gasteiger partial charge in [-0.05, 0) is 71.4 Å². The summed E-state index contributed by atoms with van der Waals surface area (Å²) >= 11 is 1.04. The van der Waals surface area contributed by atoms with Crippen molar-refractivity contribution >= 4 is 38.8 Å². The van der Waals surface area contributed by atoms with Crippen molar-refractivity contribution in [1.29, 1.82) is 5.26 Å². The molecule has 0 saturated carbocycles. The molecule has 3 aromatic rings. The monoisotopic (exact) mass is 636 g/mol. The zero-order valence-electron chi connectivity index (χ0n) is 23.8. The van der Waals surface area contributed by atoms with E-state index in [0.717, 1.165) is 22.2 Å². The Bertz CT molecular complexity index is 1840. The molecular formula is C33H29N6O4PS. The van der Waals surface area contributed by atoms with Crippen molar-refractivity contribution in [3.63, 3.8) is 0 Å². The van der Waals surface area contributed by atoms with Crippen LogP contribution in [0.15, 0.2) is 102 Å². The first-order valence-corrected chi connectivity index (χ1v) is 15.2. The molecule has 4 bridgehead atoms. The lowest BCUT2D eigenvalue weighted by molar-refractivity contribution is -0.133. The van der Waals surface area contributed by atoms with Gasteiger partial charge in [-0.3, -0.25) is 19.7 Å². The Labute approximate surface area is 266 Å². The van der Waals surface area contributed by atoms with E-state index in [0.29, 0.717) is 45.9 Å². The predicted octanol–water partition coefficient (Wildman–Crippen LogP) is 5.54. The number of ether oxygens (including phenoxy) is 1. The topological polar surface area (TPSA) is 181 Å². The van der Waals surface area contributed by atoms with E-state index in [1.165, 1.54) is 0 Å². The highest BCUT2D eigenvalue weighted by atomic mass is 32.2. The number of thiocyanates is 1. The first-order chi connectivity index (χ1) is 21.8. The van der Waals surface area contributed by atoms with Gasteiger partial charge < -0.3 is 26.4 Å². The maximum absolute atomic E-state index is 11.5. The Morgan fingerprint density at radius 2 is 1.36 bits per heavy atom. The van der Waals surface area contributed by atoms with Crippen molar-refractivity contribution in [1.82, 2.24) is 15.0 Å². The number of thioether (sulfide) groups is 1. The Hall–Kier alpha value is -4.85. The van der Waals surface area contributed by atoms with Crippen LogP contribution >= 0.6 is 21.0 Å². The number of nitrogens with two attached hydrogens (primary N) is 2. The van der Waals surface area contributed by atoms with E-state index in [4.69, 9.17) is 26.5 Å². The molecule has 5 rings (SSSR count). The van der Waals surface area contributed by atoms with Crippen molar-refractivity contribution in [2.75, 3.05) is 11.5 Å². The molecule has 5 atom stereocenters. The average molecular weight is 637 g/mol. The molecule has 45 heavy (non-hydrogen) atoms. The summed E-state index contributed by atoms with van der Waals surface area (Å²) in [6.45, 7) is 0.388. The Kier molecular flexibility index (Phi) is 10.0. The summed E-state index contributed by atoms with van der Waals surface area (Å²) in [6, 6.07) is 24.2. The van der Waals surface area contributed by atoms with Gasteiger partial charge in [-0.1, -0.05) is 36.4 Å². The standard InChI is InChI=1S/C33H29N6O4PS/c34-17-45-21-11-9-19(10-12-21)27-23(36)6-1-3-7-24-30(41)31(42)28(38-24)26(20-13-15-37-16-14-20)22(35)5-2-4-8-25-32(43-18-40)33(44)29(27)39-25/h1-16,18,30-33,41-42H,35-36,44H2. The molecule has 0 spiro atoms. The van der Waals surface area contributed by atoms with Gasteiger partial charge in [0.1, 0.15) is 17.6 Å². The molecule has 0 fully saturated rings. The van der Waals surface area contributed by atoms with Gasteiger partial charge in [-0.15, -0.1) is 9.24 Å². The minimum atomic E-state index is -1.32. The van der Waals surface area contributed by atoms with Crippen LogP contribution in [0.25, 0.3) is 22.3 Å². The van der Waals surface area contributed by atoms with E-state index in [1.807, 2.05) is 24.3 Å². The fraction of sp³-hybridized carbons (Fsp3) is 0.121. The van der Waals surface area contributed by atoms with E-state index < -0.39 is 24.0 Å². The number of nitrogen functional groups attached to an aromatic ring is 2. The maximum atomic E-state index is 11.5. The quantitative estimate of drug-likeness (QED) is 0.119. The molecule has 6 N–H and O–H groups in total. The highest BCUT2D eigenvalue weighted by Crippen LogP contribution is 2.46. The third kappa shape index (κ3) is 6.80. The van der Waals surface area contributed by atoms with Crippen molar-refractivity contribution < 1.29 is 19.7 Å². The number of pyridine rings is 1. The van der Waals surface area contributed by atoms with Crippen LogP contribution < -0.4 is 11.5 Å². The van der Waals surface area contributed by atoms with Crippen LogP contribution in [0, 0.1) is 10.7 Å². The third-order valence-corrected chi connectivity index (χ3v) is 8.45. The second kappa shape index (κ2) is 14.3. The number of hydrogen-bond acceptors (Lipinski definition) is 11. The van der Waals surface area contributed by atoms with Gasteiger partial charge in [0.25, 0.3) is 6.47 Å². The van der Waals surface area contributed by atoms with E-state index in [-0.39, 0.29) is 11.4 Å². The summed E-state index contributed by atoms with van der Waals surface area (Å²) in [5, 5.41) is 33.0. The first-order valence-electron chi connectivity index (χ1n) is 13.7. The molecule has 1 aromatic carbocycles. The Morgan fingerprint density at radius 3 is 1.98 bits per heavy atom. The van der Waals surface area contributed by atoms with Crippen molar-refractivity contribution in [2.24, 2.45) is 0 Å². The third-order valence-electron chi connectivity index (χ3n) is 7.19. The zero-order valence-corrected chi connectivity index (χ0v) is 25.7. The second-order valence-corrected chi connectivity index (χ2v) is 11.5. The molecule has 2 aliphatic rings. The molecule has 4 heterocycles. The van der Waals surface area contributed by atoms with Crippen LogP contribution in [-0.2, 0) is 9.53 Å². The molecule has 0 saturated heterocycles. The van der Waals surface area contributed by atoms with Gasteiger partial charge >= 0.3 is 0 Å². The number of aromatic nitrogens is 3. The van der Waals surface area contributed by atoms with E-state index >= 15 is 0 Å². The summed E-state index contributed by atoms with van der Waals surface area (Å²) in [5.74, 6) is 0. The Morgan fingerprint density at radius 1 is 0.800 bits per heavy atom. The molecule has 5 unspecified atom stereocenters. The van der Waals surface area contributed by atoms with Crippen molar-refractivity contribution in [3.05, 3.63) is 120 Å². The van der Waals surface area contributed by atoms with Crippen molar-refractivity contribution in [3.8, 4) is 27.7 Å². The van der Waals surface area contributed by atoms with Crippen LogP contribution in [-0.4, -0.2) is 31.6 Å². The van der Waals surface area contributed by atoms with Gasteiger partial charge in [0.05, 0.1) is 28.4 Å². The molecule has 0 amide bonds. The summed E-state index contributed by atoms with van der Waals surface area (Å²) in [7, 11) is 2.69. The molecule has 12 heteroatoms. The molecule has 226 valence electrons. The zero-order chi connectivity index (χ0) is 31.9. The van der Waals surface area contributed by atoms with Gasteiger partial charge in [-0.2, -0.15) is 5.26 Å². The number of hydrogen-bond donors (Lipinski definition) is 4. The Balaban J connectivity index is 1.81. The van der Waals surface area contributed by atoms with Gasteiger partial charge in [-0.25, -0.2) is 0 Å². The molecule has 0 aliphatic carbocycles. The fourth-order valence-corrected chi connectivity index (χ4v) is 5.98. The van der Waals surface area contributed by atoms with Crippen LogP contribution in [0.1, 0.15) is 46.7 Å². The SMILES string of the molecule is N#CSc1ccc(-c2c(N)ccccc3nc(c(-c4ccncc4)c(N)ccccc4nc2C(P)C4OC=O)C(O)C3O)cc1. The second-order valence-electron chi connectivity index (χ2n) is 9.96. The lowest BCUT2D eigenvalue weighted by Gasteiger charge is -2.16. The number of benzene rings is 1. The van der Waals surface area contributed by atoms with Crippen LogP contribution in [0.2, 0.25) is 0 Å².